The lowest BCUT2D eigenvalue weighted by atomic mass is 9.95. The maximum Gasteiger partial charge on any atom is 0.231 e. The zero-order valence-electron chi connectivity index (χ0n) is 21.3. The van der Waals surface area contributed by atoms with E-state index in [0.29, 0.717) is 50.0 Å². The molecule has 0 spiro atoms. The summed E-state index contributed by atoms with van der Waals surface area (Å²) in [7, 11) is -3.52. The van der Waals surface area contributed by atoms with Gasteiger partial charge in [0.05, 0.1) is 19.1 Å². The molecule has 2 aliphatic heterocycles. The molecule has 4 heterocycles. The third-order valence-corrected chi connectivity index (χ3v) is 8.29. The minimum absolute atomic E-state index is 0.00263. The lowest BCUT2D eigenvalue weighted by Gasteiger charge is -2.37. The van der Waals surface area contributed by atoms with E-state index < -0.39 is 9.84 Å². The van der Waals surface area contributed by atoms with Crippen LogP contribution >= 0.6 is 0 Å². The summed E-state index contributed by atoms with van der Waals surface area (Å²) in [6, 6.07) is 8.24. The summed E-state index contributed by atoms with van der Waals surface area (Å²) >= 11 is 0. The van der Waals surface area contributed by atoms with Crippen molar-refractivity contribution >= 4 is 49.9 Å². The Balaban J connectivity index is 1.17. The van der Waals surface area contributed by atoms with Crippen LogP contribution < -0.4 is 15.5 Å². The fourth-order valence-corrected chi connectivity index (χ4v) is 5.86. The van der Waals surface area contributed by atoms with Crippen molar-refractivity contribution in [2.75, 3.05) is 61.2 Å². The van der Waals surface area contributed by atoms with E-state index in [1.165, 1.54) is 0 Å². The molecule has 1 saturated carbocycles. The Morgan fingerprint density at radius 2 is 1.84 bits per heavy atom. The van der Waals surface area contributed by atoms with Gasteiger partial charge in [-0.1, -0.05) is 0 Å². The normalized spacial score (nSPS) is 20.5. The number of benzene rings is 1. The number of amides is 1. The molecule has 2 saturated heterocycles. The molecular formula is C25H32N8O4S. The third kappa shape index (κ3) is 5.25. The van der Waals surface area contributed by atoms with Gasteiger partial charge in [-0.15, -0.1) is 0 Å². The van der Waals surface area contributed by atoms with Gasteiger partial charge in [-0.2, -0.15) is 15.1 Å². The lowest BCUT2D eigenvalue weighted by Crippen LogP contribution is -2.48. The van der Waals surface area contributed by atoms with Gasteiger partial charge in [0.15, 0.2) is 20.5 Å². The Hall–Kier alpha value is -3.45. The first-order valence-corrected chi connectivity index (χ1v) is 15.0. The molecule has 38 heavy (non-hydrogen) atoms. The minimum atomic E-state index is -3.52. The van der Waals surface area contributed by atoms with E-state index in [1.54, 1.807) is 0 Å². The summed E-state index contributed by atoms with van der Waals surface area (Å²) in [5.74, 6) is 1.02. The van der Waals surface area contributed by atoms with Crippen LogP contribution in [-0.2, 0) is 19.4 Å². The predicted molar refractivity (Wildman–Crippen MR) is 143 cm³/mol. The van der Waals surface area contributed by atoms with Crippen LogP contribution in [0.5, 0.6) is 0 Å². The number of piperidine rings is 1. The van der Waals surface area contributed by atoms with Gasteiger partial charge in [-0.25, -0.2) is 8.42 Å². The van der Waals surface area contributed by atoms with Gasteiger partial charge in [-0.3, -0.25) is 9.89 Å². The second-order valence-corrected chi connectivity index (χ2v) is 12.2. The molecule has 0 radical (unpaired) electrons. The number of carbonyl (C=O) groups excluding carboxylic acids is 1. The van der Waals surface area contributed by atoms with Crippen molar-refractivity contribution in [2.24, 2.45) is 5.92 Å². The number of morpholine rings is 1. The highest BCUT2D eigenvalue weighted by Crippen LogP contribution is 2.32. The fourth-order valence-electron chi connectivity index (χ4n) is 5.09. The van der Waals surface area contributed by atoms with Crippen molar-refractivity contribution in [1.82, 2.24) is 25.1 Å². The van der Waals surface area contributed by atoms with Crippen LogP contribution in [-0.4, -0.2) is 91.1 Å². The summed E-state index contributed by atoms with van der Waals surface area (Å²) in [6.45, 7) is 4.21. The third-order valence-electron chi connectivity index (χ3n) is 7.25. The molecule has 3 N–H and O–H groups in total. The molecule has 12 nitrogen and oxygen atoms in total. The summed E-state index contributed by atoms with van der Waals surface area (Å²) in [6.07, 6.45) is 5.05. The van der Waals surface area contributed by atoms with E-state index in [4.69, 9.17) is 4.74 Å². The van der Waals surface area contributed by atoms with E-state index in [0.717, 1.165) is 49.9 Å². The van der Waals surface area contributed by atoms with E-state index in [9.17, 15) is 13.2 Å². The Kier molecular flexibility index (Phi) is 6.56. The molecule has 3 fully saturated rings. The fraction of sp³-hybridized carbons (Fsp3) is 0.520. The van der Waals surface area contributed by atoms with Crippen molar-refractivity contribution in [3.8, 4) is 0 Å². The molecule has 6 rings (SSSR count). The number of nitrogens with zero attached hydrogens (tertiary/aromatic N) is 5. The highest BCUT2D eigenvalue weighted by molar-refractivity contribution is 7.90. The molecule has 0 bridgehead atoms. The summed E-state index contributed by atoms with van der Waals surface area (Å²) in [5.41, 5.74) is 2.14. The van der Waals surface area contributed by atoms with Crippen molar-refractivity contribution in [3.05, 3.63) is 24.3 Å². The Morgan fingerprint density at radius 3 is 2.55 bits per heavy atom. The highest BCUT2D eigenvalue weighted by atomic mass is 32.2. The van der Waals surface area contributed by atoms with Crippen LogP contribution in [0, 0.1) is 5.92 Å². The predicted octanol–water partition coefficient (Wildman–Crippen LogP) is 2.15. The Morgan fingerprint density at radius 1 is 1.08 bits per heavy atom. The van der Waals surface area contributed by atoms with E-state index in [1.807, 2.05) is 29.2 Å². The second-order valence-electron chi connectivity index (χ2n) is 10.2. The first kappa shape index (κ1) is 24.9. The molecule has 1 aliphatic carbocycles. The number of H-pyrrole nitrogens is 1. The molecular weight excluding hydrogens is 508 g/mol. The van der Waals surface area contributed by atoms with Gasteiger partial charge >= 0.3 is 0 Å². The average Bonchev–Trinajstić information content (AvgIpc) is 3.63. The van der Waals surface area contributed by atoms with Gasteiger partial charge in [-0.05, 0) is 49.9 Å². The van der Waals surface area contributed by atoms with Crippen molar-refractivity contribution in [1.29, 1.82) is 0 Å². The van der Waals surface area contributed by atoms with Crippen LogP contribution in [0.1, 0.15) is 25.7 Å². The number of aromatic amines is 1. The molecule has 1 atom stereocenters. The molecule has 2 aromatic heterocycles. The van der Waals surface area contributed by atoms with Crippen LogP contribution in [0.25, 0.3) is 11.0 Å². The number of fused-ring (bicyclic) bond motifs is 1. The minimum Gasteiger partial charge on any atom is -0.378 e. The summed E-state index contributed by atoms with van der Waals surface area (Å²) < 4.78 is 29.9. The van der Waals surface area contributed by atoms with Crippen molar-refractivity contribution < 1.29 is 17.9 Å². The second kappa shape index (κ2) is 10.0. The topological polar surface area (TPSA) is 145 Å². The maximum absolute atomic E-state index is 13.0. The number of carbonyl (C=O) groups is 1. The number of hydrogen-bond acceptors (Lipinski definition) is 10. The van der Waals surface area contributed by atoms with Crippen LogP contribution in [0.4, 0.5) is 23.1 Å². The number of sulfone groups is 1. The monoisotopic (exact) mass is 540 g/mol. The van der Waals surface area contributed by atoms with E-state index in [-0.39, 0.29) is 28.5 Å². The lowest BCUT2D eigenvalue weighted by molar-refractivity contribution is -0.139. The molecule has 3 aromatic rings. The number of hydrogen-bond donors (Lipinski definition) is 3. The molecule has 1 amide bonds. The van der Waals surface area contributed by atoms with E-state index in [2.05, 4.69) is 35.7 Å². The number of nitrogens with one attached hydrogen (secondary N) is 3. The number of ether oxygens (including phenoxy) is 1. The van der Waals surface area contributed by atoms with Crippen LogP contribution in [0.2, 0.25) is 0 Å². The standard InChI is InChI=1S/C25H32N8O4S/c1-38(35,36)23-20-21(26-17-4-5-17)28-25(29-22(20)30-31-23)27-18-6-8-19(9-7-18)33-10-2-3-16(15-33)24(34)32-11-13-37-14-12-32/h6-9,16-17H,2-5,10-15H2,1H3,(H3,26,27,28,29,30,31). The zero-order valence-corrected chi connectivity index (χ0v) is 22.1. The summed E-state index contributed by atoms with van der Waals surface area (Å²) in [4.78, 5) is 26.3. The molecule has 202 valence electrons. The molecule has 3 aliphatic rings. The van der Waals surface area contributed by atoms with Crippen molar-refractivity contribution in [3.63, 3.8) is 0 Å². The zero-order chi connectivity index (χ0) is 26.3. The van der Waals surface area contributed by atoms with Crippen molar-refractivity contribution in [2.45, 2.75) is 36.8 Å². The first-order chi connectivity index (χ1) is 18.3. The van der Waals surface area contributed by atoms with Gasteiger partial charge in [0.25, 0.3) is 0 Å². The van der Waals surface area contributed by atoms with Crippen LogP contribution in [0.3, 0.4) is 0 Å². The molecule has 1 unspecified atom stereocenters. The largest absolute Gasteiger partial charge is 0.378 e. The van der Waals surface area contributed by atoms with Gasteiger partial charge in [0, 0.05) is 49.9 Å². The Labute approximate surface area is 221 Å². The quantitative estimate of drug-likeness (QED) is 0.407. The van der Waals surface area contributed by atoms with Crippen LogP contribution in [0.15, 0.2) is 29.3 Å². The number of anilines is 4. The van der Waals surface area contributed by atoms with Gasteiger partial charge in [0.1, 0.15) is 11.2 Å². The maximum atomic E-state index is 13.0. The summed E-state index contributed by atoms with van der Waals surface area (Å²) in [5, 5.41) is 13.7. The van der Waals surface area contributed by atoms with Gasteiger partial charge < -0.3 is 25.2 Å². The smallest absolute Gasteiger partial charge is 0.231 e. The first-order valence-electron chi connectivity index (χ1n) is 13.1. The van der Waals surface area contributed by atoms with E-state index >= 15 is 0 Å². The molecule has 1 aromatic carbocycles. The number of rotatable bonds is 7. The number of aromatic nitrogens is 4. The van der Waals surface area contributed by atoms with Gasteiger partial charge in [0.2, 0.25) is 11.9 Å². The average molecular weight is 541 g/mol. The Bertz CT molecular complexity index is 1430. The molecule has 13 heteroatoms. The SMILES string of the molecule is CS(=O)(=O)c1[nH]nc2nc(Nc3ccc(N4CCCC(C(=O)N5CCOCC5)C4)cc3)nc(NC3CC3)c12. The highest BCUT2D eigenvalue weighted by Gasteiger charge is 2.30.